The molecule has 2 nitrogen and oxygen atoms in total. The van der Waals surface area contributed by atoms with Gasteiger partial charge in [0, 0.05) is 11.3 Å². The van der Waals surface area contributed by atoms with Crippen molar-refractivity contribution in [2.45, 2.75) is 45.4 Å². The van der Waals surface area contributed by atoms with Crippen LogP contribution < -0.4 is 0 Å². The van der Waals surface area contributed by atoms with Crippen molar-refractivity contribution in [3.05, 3.63) is 0 Å². The Morgan fingerprint density at radius 1 is 1.29 bits per heavy atom. The van der Waals surface area contributed by atoms with Crippen molar-refractivity contribution in [3.63, 3.8) is 0 Å². The lowest BCUT2D eigenvalue weighted by Gasteiger charge is -2.38. The zero-order chi connectivity index (χ0) is 10.2. The van der Waals surface area contributed by atoms with Gasteiger partial charge in [-0.25, -0.2) is 0 Å². The van der Waals surface area contributed by atoms with Gasteiger partial charge in [-0.15, -0.1) is 0 Å². The van der Waals surface area contributed by atoms with E-state index in [1.165, 1.54) is 6.42 Å². The molecule has 3 atom stereocenters. The monoisotopic (exact) mass is 194 g/mol. The molecule has 0 aromatic heterocycles. The number of carbonyl (C=O) groups excluding carboxylic acids is 2. The van der Waals surface area contributed by atoms with E-state index in [9.17, 15) is 9.59 Å². The first-order valence-corrected chi connectivity index (χ1v) is 5.67. The molecule has 14 heavy (non-hydrogen) atoms. The van der Waals surface area contributed by atoms with Gasteiger partial charge >= 0.3 is 0 Å². The van der Waals surface area contributed by atoms with Crippen LogP contribution in [0.3, 0.4) is 0 Å². The first kappa shape index (κ1) is 9.88. The Balaban J connectivity index is 2.29. The van der Waals surface area contributed by atoms with E-state index in [0.717, 1.165) is 38.4 Å². The van der Waals surface area contributed by atoms with Gasteiger partial charge in [-0.2, -0.15) is 0 Å². The maximum atomic E-state index is 11.5. The van der Waals surface area contributed by atoms with E-state index in [1.807, 2.05) is 0 Å². The van der Waals surface area contributed by atoms with Gasteiger partial charge in [-0.05, 0) is 38.5 Å². The molecular weight excluding hydrogens is 176 g/mol. The van der Waals surface area contributed by atoms with E-state index in [4.69, 9.17) is 0 Å². The average Bonchev–Trinajstić information content (AvgIpc) is 2.57. The van der Waals surface area contributed by atoms with Crippen LogP contribution in [0.2, 0.25) is 0 Å². The van der Waals surface area contributed by atoms with Crippen molar-refractivity contribution in [2.24, 2.45) is 17.3 Å². The highest BCUT2D eigenvalue weighted by Gasteiger charge is 2.52. The van der Waals surface area contributed by atoms with Gasteiger partial charge in [0.15, 0.2) is 0 Å². The molecule has 2 aliphatic carbocycles. The van der Waals surface area contributed by atoms with Gasteiger partial charge in [0.25, 0.3) is 0 Å². The normalized spacial score (nSPS) is 41.8. The van der Waals surface area contributed by atoms with Crippen molar-refractivity contribution in [2.75, 3.05) is 0 Å². The summed E-state index contributed by atoms with van der Waals surface area (Å²) in [6, 6.07) is 0. The summed E-state index contributed by atoms with van der Waals surface area (Å²) in [4.78, 5) is 22.8. The fourth-order valence-corrected chi connectivity index (χ4v) is 3.62. The minimum atomic E-state index is -0.260. The van der Waals surface area contributed by atoms with Crippen LogP contribution in [0, 0.1) is 17.3 Å². The largest absolute Gasteiger partial charge is 0.303 e. The molecule has 0 aromatic carbocycles. The second kappa shape index (κ2) is 3.48. The molecule has 78 valence electrons. The van der Waals surface area contributed by atoms with Crippen molar-refractivity contribution in [3.8, 4) is 0 Å². The number of ketones is 1. The number of fused-ring (bicyclic) bond motifs is 1. The SMILES string of the molecule is CC(=O)C1CCC2CCCCC21C=O. The fourth-order valence-electron chi connectivity index (χ4n) is 3.62. The Hall–Kier alpha value is -0.660. The summed E-state index contributed by atoms with van der Waals surface area (Å²) < 4.78 is 0. The number of rotatable bonds is 2. The molecule has 0 radical (unpaired) electrons. The Labute approximate surface area is 85.1 Å². The molecule has 0 aromatic rings. The Kier molecular flexibility index (Phi) is 2.46. The molecule has 0 bridgehead atoms. The fraction of sp³-hybridized carbons (Fsp3) is 0.833. The number of hydrogen-bond acceptors (Lipinski definition) is 2. The third-order valence-corrected chi connectivity index (χ3v) is 4.34. The molecule has 0 aliphatic heterocycles. The highest BCUT2D eigenvalue weighted by molar-refractivity contribution is 5.84. The van der Waals surface area contributed by atoms with Gasteiger partial charge in [0.05, 0.1) is 0 Å². The summed E-state index contributed by atoms with van der Waals surface area (Å²) in [6.45, 7) is 1.65. The summed E-state index contributed by atoms with van der Waals surface area (Å²) in [6.07, 6.45) is 7.61. The summed E-state index contributed by atoms with van der Waals surface area (Å²) in [5, 5.41) is 0. The predicted molar refractivity (Wildman–Crippen MR) is 53.9 cm³/mol. The van der Waals surface area contributed by atoms with E-state index in [1.54, 1.807) is 6.92 Å². The Morgan fingerprint density at radius 2 is 2.07 bits per heavy atom. The van der Waals surface area contributed by atoms with Gasteiger partial charge in [0.2, 0.25) is 0 Å². The molecule has 2 aliphatic rings. The summed E-state index contributed by atoms with van der Waals surface area (Å²) in [7, 11) is 0. The van der Waals surface area contributed by atoms with Gasteiger partial charge < -0.3 is 4.79 Å². The van der Waals surface area contributed by atoms with Crippen LogP contribution in [0.15, 0.2) is 0 Å². The molecular formula is C12H18O2. The summed E-state index contributed by atoms with van der Waals surface area (Å²) in [5.74, 6) is 0.759. The number of Topliss-reactive ketones (excluding diaryl/α,β-unsaturated/α-hetero) is 1. The van der Waals surface area contributed by atoms with E-state index in [-0.39, 0.29) is 17.1 Å². The topological polar surface area (TPSA) is 34.1 Å². The second-order valence-electron chi connectivity index (χ2n) is 4.91. The molecule has 0 spiro atoms. The highest BCUT2D eigenvalue weighted by Crippen LogP contribution is 2.54. The lowest BCUT2D eigenvalue weighted by molar-refractivity contribution is -0.133. The van der Waals surface area contributed by atoms with Gasteiger partial charge in [-0.1, -0.05) is 12.8 Å². The number of carbonyl (C=O) groups is 2. The molecule has 3 unspecified atom stereocenters. The molecule has 2 rings (SSSR count). The standard InChI is InChI=1S/C12H18O2/c1-9(14)11-6-5-10-4-2-3-7-12(10,11)8-13/h8,10-11H,2-7H2,1H3. The smallest absolute Gasteiger partial charge is 0.133 e. The van der Waals surface area contributed by atoms with Crippen LogP contribution in [-0.2, 0) is 9.59 Å². The van der Waals surface area contributed by atoms with Gasteiger partial charge in [-0.3, -0.25) is 4.79 Å². The van der Waals surface area contributed by atoms with Crippen LogP contribution in [0.5, 0.6) is 0 Å². The first-order valence-electron chi connectivity index (χ1n) is 5.67. The van der Waals surface area contributed by atoms with Crippen molar-refractivity contribution in [1.82, 2.24) is 0 Å². The van der Waals surface area contributed by atoms with E-state index in [2.05, 4.69) is 0 Å². The van der Waals surface area contributed by atoms with Crippen LogP contribution in [0.1, 0.15) is 45.4 Å². The van der Waals surface area contributed by atoms with Crippen LogP contribution >= 0.6 is 0 Å². The maximum Gasteiger partial charge on any atom is 0.133 e. The van der Waals surface area contributed by atoms with Crippen molar-refractivity contribution >= 4 is 12.1 Å². The molecule has 2 saturated carbocycles. The molecule has 0 N–H and O–H groups in total. The Morgan fingerprint density at radius 3 is 2.71 bits per heavy atom. The van der Waals surface area contributed by atoms with Crippen molar-refractivity contribution in [1.29, 1.82) is 0 Å². The quantitative estimate of drug-likeness (QED) is 0.632. The zero-order valence-corrected chi connectivity index (χ0v) is 8.79. The molecule has 0 amide bonds. The van der Waals surface area contributed by atoms with Crippen LogP contribution in [0.4, 0.5) is 0 Å². The lowest BCUT2D eigenvalue weighted by atomic mass is 9.64. The number of hydrogen-bond donors (Lipinski definition) is 0. The van der Waals surface area contributed by atoms with Crippen LogP contribution in [0.25, 0.3) is 0 Å². The summed E-state index contributed by atoms with van der Waals surface area (Å²) in [5.41, 5.74) is -0.260. The minimum absolute atomic E-state index is 0.0327. The first-order chi connectivity index (χ1) is 6.70. The van der Waals surface area contributed by atoms with Crippen LogP contribution in [-0.4, -0.2) is 12.1 Å². The van der Waals surface area contributed by atoms with Crippen molar-refractivity contribution < 1.29 is 9.59 Å². The summed E-state index contributed by atoms with van der Waals surface area (Å²) >= 11 is 0. The molecule has 0 heterocycles. The predicted octanol–water partition coefficient (Wildman–Crippen LogP) is 2.36. The van der Waals surface area contributed by atoms with E-state index in [0.29, 0.717) is 5.92 Å². The third-order valence-electron chi connectivity index (χ3n) is 4.34. The zero-order valence-electron chi connectivity index (χ0n) is 8.79. The minimum Gasteiger partial charge on any atom is -0.303 e. The van der Waals surface area contributed by atoms with E-state index < -0.39 is 0 Å². The Bertz CT molecular complexity index is 259. The van der Waals surface area contributed by atoms with Gasteiger partial charge in [0.1, 0.15) is 12.1 Å². The molecule has 2 heteroatoms. The third kappa shape index (κ3) is 1.23. The maximum absolute atomic E-state index is 11.5. The number of aldehydes is 1. The molecule has 2 fully saturated rings. The highest BCUT2D eigenvalue weighted by atomic mass is 16.1. The lowest BCUT2D eigenvalue weighted by Crippen LogP contribution is -2.39. The van der Waals surface area contributed by atoms with E-state index >= 15 is 0 Å². The average molecular weight is 194 g/mol. The second-order valence-corrected chi connectivity index (χ2v) is 4.91. The molecule has 0 saturated heterocycles.